The van der Waals surface area contributed by atoms with Crippen LogP contribution in [0.2, 0.25) is 0 Å². The van der Waals surface area contributed by atoms with Crippen molar-refractivity contribution in [3.8, 4) is 5.75 Å². The van der Waals surface area contributed by atoms with Crippen LogP contribution in [0.3, 0.4) is 0 Å². The summed E-state index contributed by atoms with van der Waals surface area (Å²) < 4.78 is 5.19. The number of methoxy groups -OCH3 is 1. The van der Waals surface area contributed by atoms with Crippen LogP contribution in [-0.2, 0) is 9.59 Å². The summed E-state index contributed by atoms with van der Waals surface area (Å²) in [5, 5.41) is 2.94. The third-order valence-electron chi connectivity index (χ3n) is 5.30. The average molecular weight is 359 g/mol. The van der Waals surface area contributed by atoms with E-state index in [2.05, 4.69) is 17.1 Å². The number of hydrogen-bond donors (Lipinski definition) is 1. The van der Waals surface area contributed by atoms with Crippen LogP contribution in [0.5, 0.6) is 5.75 Å². The van der Waals surface area contributed by atoms with E-state index in [1.165, 1.54) is 0 Å². The Labute approximate surface area is 155 Å². The number of unbranched alkanes of at least 4 members (excludes halogenated alkanes) is 1. The second-order valence-electron chi connectivity index (χ2n) is 7.10. The Morgan fingerprint density at radius 2 is 1.81 bits per heavy atom. The third kappa shape index (κ3) is 4.29. The van der Waals surface area contributed by atoms with Crippen LogP contribution in [0.15, 0.2) is 24.3 Å². The lowest BCUT2D eigenvalue weighted by Crippen LogP contribution is -2.49. The minimum atomic E-state index is -0.112. The number of amides is 2. The van der Waals surface area contributed by atoms with Gasteiger partial charge in [0.2, 0.25) is 11.8 Å². The van der Waals surface area contributed by atoms with E-state index in [0.717, 1.165) is 37.4 Å². The minimum absolute atomic E-state index is 0.0497. The SMILES string of the molecule is CCCCNC(=O)C1CC1C(=O)N1CCN(c2ccc(OC)cc2)CC1. The van der Waals surface area contributed by atoms with Crippen molar-refractivity contribution in [1.82, 2.24) is 10.2 Å². The number of rotatable bonds is 7. The molecule has 1 N–H and O–H groups in total. The van der Waals surface area contributed by atoms with Crippen LogP contribution in [0.4, 0.5) is 5.69 Å². The molecule has 0 aromatic heterocycles. The van der Waals surface area contributed by atoms with Gasteiger partial charge in [-0.05, 0) is 37.1 Å². The first kappa shape index (κ1) is 18.5. The molecular formula is C20H29N3O3. The van der Waals surface area contributed by atoms with Gasteiger partial charge in [-0.25, -0.2) is 0 Å². The number of carbonyl (C=O) groups is 2. The van der Waals surface area contributed by atoms with Crippen LogP contribution in [0.1, 0.15) is 26.2 Å². The highest BCUT2D eigenvalue weighted by Gasteiger charge is 2.49. The first-order valence-corrected chi connectivity index (χ1v) is 9.59. The van der Waals surface area contributed by atoms with Crippen molar-refractivity contribution in [3.63, 3.8) is 0 Å². The van der Waals surface area contributed by atoms with E-state index in [1.807, 2.05) is 29.2 Å². The second kappa shape index (κ2) is 8.43. The summed E-state index contributed by atoms with van der Waals surface area (Å²) in [5.74, 6) is 0.825. The maximum Gasteiger partial charge on any atom is 0.226 e. The zero-order chi connectivity index (χ0) is 18.5. The standard InChI is InChI=1S/C20H29N3O3/c1-3-4-9-21-19(24)17-14-18(17)20(25)23-12-10-22(11-13-23)15-5-7-16(26-2)8-6-15/h5-8,17-18H,3-4,9-14H2,1-2H3,(H,21,24). The summed E-state index contributed by atoms with van der Waals surface area (Å²) in [5.41, 5.74) is 1.15. The summed E-state index contributed by atoms with van der Waals surface area (Å²) >= 11 is 0. The average Bonchev–Trinajstić information content (AvgIpc) is 3.49. The van der Waals surface area contributed by atoms with Crippen molar-refractivity contribution < 1.29 is 14.3 Å². The molecule has 2 amide bonds. The highest BCUT2D eigenvalue weighted by atomic mass is 16.5. The maximum absolute atomic E-state index is 12.6. The molecule has 1 saturated heterocycles. The van der Waals surface area contributed by atoms with Gasteiger partial charge in [0.25, 0.3) is 0 Å². The number of ether oxygens (including phenoxy) is 1. The molecule has 0 radical (unpaired) electrons. The van der Waals surface area contributed by atoms with Gasteiger partial charge < -0.3 is 19.9 Å². The smallest absolute Gasteiger partial charge is 0.226 e. The molecule has 1 aromatic carbocycles. The number of benzene rings is 1. The maximum atomic E-state index is 12.6. The fraction of sp³-hybridized carbons (Fsp3) is 0.600. The van der Waals surface area contributed by atoms with Gasteiger partial charge in [0.05, 0.1) is 18.9 Å². The van der Waals surface area contributed by atoms with Gasteiger partial charge in [0, 0.05) is 38.4 Å². The van der Waals surface area contributed by atoms with Crippen molar-refractivity contribution in [2.24, 2.45) is 11.8 Å². The van der Waals surface area contributed by atoms with Gasteiger partial charge in [0.1, 0.15) is 5.75 Å². The van der Waals surface area contributed by atoms with Crippen molar-refractivity contribution in [3.05, 3.63) is 24.3 Å². The van der Waals surface area contributed by atoms with Gasteiger partial charge in [0.15, 0.2) is 0 Å². The Balaban J connectivity index is 1.44. The lowest BCUT2D eigenvalue weighted by molar-refractivity contribution is -0.135. The predicted molar refractivity (Wildman–Crippen MR) is 101 cm³/mol. The van der Waals surface area contributed by atoms with E-state index in [4.69, 9.17) is 4.74 Å². The number of anilines is 1. The molecule has 1 heterocycles. The lowest BCUT2D eigenvalue weighted by Gasteiger charge is -2.36. The number of hydrogen-bond acceptors (Lipinski definition) is 4. The molecular weight excluding hydrogens is 330 g/mol. The van der Waals surface area contributed by atoms with Crippen molar-refractivity contribution in [2.45, 2.75) is 26.2 Å². The van der Waals surface area contributed by atoms with Gasteiger partial charge >= 0.3 is 0 Å². The summed E-state index contributed by atoms with van der Waals surface area (Å²) in [6.07, 6.45) is 2.76. The van der Waals surface area contributed by atoms with E-state index in [0.29, 0.717) is 26.1 Å². The van der Waals surface area contributed by atoms with E-state index < -0.39 is 0 Å². The molecule has 2 fully saturated rings. The predicted octanol–water partition coefficient (Wildman–Crippen LogP) is 1.90. The van der Waals surface area contributed by atoms with Crippen LogP contribution in [0.25, 0.3) is 0 Å². The minimum Gasteiger partial charge on any atom is -0.497 e. The van der Waals surface area contributed by atoms with Crippen molar-refractivity contribution >= 4 is 17.5 Å². The normalized spacial score (nSPS) is 22.1. The molecule has 2 unspecified atom stereocenters. The Bertz CT molecular complexity index is 624. The van der Waals surface area contributed by atoms with E-state index in [1.54, 1.807) is 7.11 Å². The Hall–Kier alpha value is -2.24. The first-order valence-electron chi connectivity index (χ1n) is 9.59. The molecule has 3 rings (SSSR count). The summed E-state index contributed by atoms with van der Waals surface area (Å²) in [7, 11) is 1.66. The van der Waals surface area contributed by atoms with Gasteiger partial charge in [-0.3, -0.25) is 9.59 Å². The number of piperazine rings is 1. The second-order valence-corrected chi connectivity index (χ2v) is 7.10. The van der Waals surface area contributed by atoms with E-state index in [-0.39, 0.29) is 23.7 Å². The molecule has 0 bridgehead atoms. The monoisotopic (exact) mass is 359 g/mol. The molecule has 1 aliphatic carbocycles. The molecule has 142 valence electrons. The van der Waals surface area contributed by atoms with Crippen LogP contribution in [-0.4, -0.2) is 56.5 Å². The number of carbonyl (C=O) groups excluding carboxylic acids is 2. The molecule has 0 spiro atoms. The summed E-state index contributed by atoms with van der Waals surface area (Å²) in [4.78, 5) is 28.9. The lowest BCUT2D eigenvalue weighted by atomic mass is 10.2. The molecule has 1 saturated carbocycles. The zero-order valence-corrected chi connectivity index (χ0v) is 15.7. The quantitative estimate of drug-likeness (QED) is 0.756. The van der Waals surface area contributed by atoms with Crippen LogP contribution < -0.4 is 15.0 Å². The van der Waals surface area contributed by atoms with Crippen LogP contribution in [0, 0.1) is 11.8 Å². The highest BCUT2D eigenvalue weighted by molar-refractivity contribution is 5.92. The van der Waals surface area contributed by atoms with Crippen molar-refractivity contribution in [2.75, 3.05) is 44.7 Å². The summed E-state index contributed by atoms with van der Waals surface area (Å²) in [6, 6.07) is 8.01. The molecule has 1 aliphatic heterocycles. The first-order chi connectivity index (χ1) is 12.6. The highest BCUT2D eigenvalue weighted by Crippen LogP contribution is 2.40. The number of nitrogens with zero attached hydrogens (tertiary/aromatic N) is 2. The molecule has 6 nitrogen and oxygen atoms in total. The van der Waals surface area contributed by atoms with E-state index >= 15 is 0 Å². The Morgan fingerprint density at radius 1 is 1.12 bits per heavy atom. The summed E-state index contributed by atoms with van der Waals surface area (Å²) in [6.45, 7) is 5.88. The zero-order valence-electron chi connectivity index (χ0n) is 15.7. The van der Waals surface area contributed by atoms with Gasteiger partial charge in [-0.15, -0.1) is 0 Å². The fourth-order valence-electron chi connectivity index (χ4n) is 3.49. The van der Waals surface area contributed by atoms with Gasteiger partial charge in [-0.2, -0.15) is 0 Å². The molecule has 2 atom stereocenters. The largest absolute Gasteiger partial charge is 0.497 e. The molecule has 26 heavy (non-hydrogen) atoms. The van der Waals surface area contributed by atoms with Crippen molar-refractivity contribution in [1.29, 1.82) is 0 Å². The van der Waals surface area contributed by atoms with Gasteiger partial charge in [-0.1, -0.05) is 13.3 Å². The molecule has 2 aliphatic rings. The fourth-order valence-corrected chi connectivity index (χ4v) is 3.49. The molecule has 1 aromatic rings. The Morgan fingerprint density at radius 3 is 2.42 bits per heavy atom. The number of nitrogens with one attached hydrogen (secondary N) is 1. The van der Waals surface area contributed by atoms with E-state index in [9.17, 15) is 9.59 Å². The third-order valence-corrected chi connectivity index (χ3v) is 5.30. The Kier molecular flexibility index (Phi) is 6.01. The van der Waals surface area contributed by atoms with Crippen LogP contribution >= 0.6 is 0 Å². The molecule has 6 heteroatoms. The topological polar surface area (TPSA) is 61.9 Å².